The Morgan fingerprint density at radius 3 is 2.38 bits per heavy atom. The number of benzene rings is 2. The van der Waals surface area contributed by atoms with E-state index in [9.17, 15) is 0 Å². The van der Waals surface area contributed by atoms with E-state index in [-0.39, 0.29) is 0 Å². The summed E-state index contributed by atoms with van der Waals surface area (Å²) in [6.07, 6.45) is 7.38. The highest BCUT2D eigenvalue weighted by molar-refractivity contribution is 5.82. The van der Waals surface area contributed by atoms with Crippen molar-refractivity contribution >= 4 is 22.4 Å². The van der Waals surface area contributed by atoms with Crippen LogP contribution < -0.4 is 14.4 Å². The van der Waals surface area contributed by atoms with Crippen LogP contribution in [-0.4, -0.2) is 43.9 Å². The molecule has 34 heavy (non-hydrogen) atoms. The van der Waals surface area contributed by atoms with Crippen molar-refractivity contribution in [3.05, 3.63) is 72.7 Å². The zero-order valence-electron chi connectivity index (χ0n) is 19.5. The second kappa shape index (κ2) is 8.86. The van der Waals surface area contributed by atoms with E-state index in [0.29, 0.717) is 18.0 Å². The minimum Gasteiger partial charge on any atom is -0.497 e. The number of aryl methyl sites for hydroxylation is 2. The summed E-state index contributed by atoms with van der Waals surface area (Å²) in [5.74, 6) is 2.25. The highest BCUT2D eigenvalue weighted by atomic mass is 16.5. The SMILES string of the molecule is COc1cc(OC)cc(N(Cc2nc(C)c[nH]2)c2ccc3ncc(-c4cnn(C)c4)nc3c2)c1. The van der Waals surface area contributed by atoms with Gasteiger partial charge in [-0.2, -0.15) is 5.10 Å². The minimum atomic E-state index is 0.519. The second-order valence-corrected chi connectivity index (χ2v) is 7.98. The Bertz CT molecular complexity index is 1430. The molecule has 5 rings (SSSR count). The van der Waals surface area contributed by atoms with Crippen LogP contribution in [0.2, 0.25) is 0 Å². The summed E-state index contributed by atoms with van der Waals surface area (Å²) in [6, 6.07) is 11.8. The van der Waals surface area contributed by atoms with E-state index < -0.39 is 0 Å². The molecule has 0 amide bonds. The smallest absolute Gasteiger partial charge is 0.126 e. The Balaban J connectivity index is 1.62. The lowest BCUT2D eigenvalue weighted by Gasteiger charge is -2.25. The fourth-order valence-electron chi connectivity index (χ4n) is 3.84. The summed E-state index contributed by atoms with van der Waals surface area (Å²) >= 11 is 0. The summed E-state index contributed by atoms with van der Waals surface area (Å²) < 4.78 is 12.8. The van der Waals surface area contributed by atoms with Gasteiger partial charge in [-0.1, -0.05) is 0 Å². The molecule has 3 heterocycles. The second-order valence-electron chi connectivity index (χ2n) is 7.98. The van der Waals surface area contributed by atoms with Crippen molar-refractivity contribution in [2.24, 2.45) is 7.05 Å². The van der Waals surface area contributed by atoms with Crippen LogP contribution in [0.1, 0.15) is 11.5 Å². The van der Waals surface area contributed by atoms with Crippen LogP contribution in [0.4, 0.5) is 11.4 Å². The van der Waals surface area contributed by atoms with Gasteiger partial charge in [0.1, 0.15) is 17.3 Å². The largest absolute Gasteiger partial charge is 0.497 e. The number of methoxy groups -OCH3 is 2. The number of nitrogens with zero attached hydrogens (tertiary/aromatic N) is 6. The first-order valence-electron chi connectivity index (χ1n) is 10.8. The number of H-pyrrole nitrogens is 1. The first-order chi connectivity index (χ1) is 16.5. The predicted molar refractivity (Wildman–Crippen MR) is 130 cm³/mol. The van der Waals surface area contributed by atoms with Gasteiger partial charge in [-0.15, -0.1) is 0 Å². The summed E-state index contributed by atoms with van der Waals surface area (Å²) in [5, 5.41) is 4.25. The molecule has 0 spiro atoms. The van der Waals surface area contributed by atoms with Gasteiger partial charge in [0, 0.05) is 54.6 Å². The van der Waals surface area contributed by atoms with Crippen molar-refractivity contribution in [3.8, 4) is 22.8 Å². The number of aromatic amines is 1. The van der Waals surface area contributed by atoms with Gasteiger partial charge in [-0.3, -0.25) is 9.67 Å². The predicted octanol–water partition coefficient (Wildman–Crippen LogP) is 4.42. The number of hydrogen-bond acceptors (Lipinski definition) is 7. The fourth-order valence-corrected chi connectivity index (χ4v) is 3.84. The zero-order chi connectivity index (χ0) is 23.7. The average Bonchev–Trinajstić information content (AvgIpc) is 3.49. The molecule has 0 atom stereocenters. The summed E-state index contributed by atoms with van der Waals surface area (Å²) in [7, 11) is 5.17. The third-order valence-corrected chi connectivity index (χ3v) is 5.55. The molecule has 172 valence electrons. The normalized spacial score (nSPS) is 11.1. The van der Waals surface area contributed by atoms with Crippen LogP contribution in [0.5, 0.6) is 11.5 Å². The first kappa shape index (κ1) is 21.4. The van der Waals surface area contributed by atoms with Gasteiger partial charge < -0.3 is 19.4 Å². The molecule has 0 saturated carbocycles. The number of ether oxygens (including phenoxy) is 2. The number of fused-ring (bicyclic) bond motifs is 1. The third-order valence-electron chi connectivity index (χ3n) is 5.55. The lowest BCUT2D eigenvalue weighted by Crippen LogP contribution is -2.17. The molecular weight excluding hydrogens is 430 g/mol. The molecule has 5 aromatic rings. The number of rotatable bonds is 7. The van der Waals surface area contributed by atoms with Crippen molar-refractivity contribution < 1.29 is 9.47 Å². The lowest BCUT2D eigenvalue weighted by molar-refractivity contribution is 0.394. The molecule has 9 heteroatoms. The summed E-state index contributed by atoms with van der Waals surface area (Å²) in [5.41, 5.74) is 6.07. The van der Waals surface area contributed by atoms with Gasteiger partial charge in [0.2, 0.25) is 0 Å². The van der Waals surface area contributed by atoms with Crippen LogP contribution in [-0.2, 0) is 13.6 Å². The minimum absolute atomic E-state index is 0.519. The van der Waals surface area contributed by atoms with Crippen LogP contribution in [0.25, 0.3) is 22.3 Å². The van der Waals surface area contributed by atoms with Gasteiger partial charge in [-0.25, -0.2) is 9.97 Å². The van der Waals surface area contributed by atoms with Crippen LogP contribution in [0.15, 0.2) is 61.2 Å². The van der Waals surface area contributed by atoms with Crippen molar-refractivity contribution in [3.63, 3.8) is 0 Å². The Morgan fingerprint density at radius 2 is 1.74 bits per heavy atom. The van der Waals surface area contributed by atoms with Crippen molar-refractivity contribution in [1.29, 1.82) is 0 Å². The van der Waals surface area contributed by atoms with E-state index in [1.807, 2.05) is 62.8 Å². The molecule has 0 aliphatic carbocycles. The van der Waals surface area contributed by atoms with E-state index in [4.69, 9.17) is 14.5 Å². The van der Waals surface area contributed by atoms with Crippen LogP contribution in [0, 0.1) is 6.92 Å². The molecule has 1 N–H and O–H groups in total. The van der Waals surface area contributed by atoms with E-state index >= 15 is 0 Å². The number of hydrogen-bond donors (Lipinski definition) is 1. The quantitative estimate of drug-likeness (QED) is 0.388. The topological polar surface area (TPSA) is 94.0 Å². The molecule has 2 aromatic carbocycles. The number of nitrogens with one attached hydrogen (secondary N) is 1. The van der Waals surface area contributed by atoms with Crippen molar-refractivity contribution in [2.45, 2.75) is 13.5 Å². The highest BCUT2D eigenvalue weighted by Crippen LogP contribution is 2.35. The van der Waals surface area contributed by atoms with Crippen molar-refractivity contribution in [1.82, 2.24) is 29.7 Å². The van der Waals surface area contributed by atoms with E-state index in [2.05, 4.69) is 25.0 Å². The average molecular weight is 456 g/mol. The number of aromatic nitrogens is 6. The maximum atomic E-state index is 5.51. The molecule has 9 nitrogen and oxygen atoms in total. The molecule has 0 fully saturated rings. The molecule has 0 bridgehead atoms. The molecular formula is C25H25N7O2. The summed E-state index contributed by atoms with van der Waals surface area (Å²) in [6.45, 7) is 2.48. The Morgan fingerprint density at radius 1 is 0.941 bits per heavy atom. The first-order valence-corrected chi connectivity index (χ1v) is 10.8. The number of imidazole rings is 1. The lowest BCUT2D eigenvalue weighted by atomic mass is 10.2. The van der Waals surface area contributed by atoms with Gasteiger partial charge in [0.15, 0.2) is 0 Å². The Kier molecular flexibility index (Phi) is 5.59. The van der Waals surface area contributed by atoms with Gasteiger partial charge in [0.25, 0.3) is 0 Å². The summed E-state index contributed by atoms with van der Waals surface area (Å²) in [4.78, 5) is 19.5. The van der Waals surface area contributed by atoms with E-state index in [1.54, 1.807) is 31.3 Å². The van der Waals surface area contributed by atoms with E-state index in [1.165, 1.54) is 0 Å². The fraction of sp³-hybridized carbons (Fsp3) is 0.200. The Labute approximate surface area is 197 Å². The van der Waals surface area contributed by atoms with Gasteiger partial charge in [-0.05, 0) is 25.1 Å². The van der Waals surface area contributed by atoms with Gasteiger partial charge in [0.05, 0.1) is 55.6 Å². The molecule has 0 aliphatic heterocycles. The Hall–Kier alpha value is -4.40. The molecule has 3 aromatic heterocycles. The van der Waals surface area contributed by atoms with Gasteiger partial charge >= 0.3 is 0 Å². The van der Waals surface area contributed by atoms with E-state index in [0.717, 1.165) is 45.2 Å². The third kappa shape index (κ3) is 4.27. The van der Waals surface area contributed by atoms with Crippen LogP contribution >= 0.6 is 0 Å². The maximum absolute atomic E-state index is 5.51. The number of anilines is 2. The molecule has 0 saturated heterocycles. The highest BCUT2D eigenvalue weighted by Gasteiger charge is 2.16. The monoisotopic (exact) mass is 455 g/mol. The molecule has 0 unspecified atom stereocenters. The standard InChI is InChI=1S/C25H25N7O2/c1-16-11-27-25(29-16)15-32(19-7-20(33-3)10-21(8-19)34-4)18-5-6-22-23(9-18)30-24(13-26-22)17-12-28-31(2)14-17/h5-14H,15H2,1-4H3,(H,27,29). The maximum Gasteiger partial charge on any atom is 0.126 e. The van der Waals surface area contributed by atoms with Crippen molar-refractivity contribution in [2.75, 3.05) is 19.1 Å². The zero-order valence-corrected chi connectivity index (χ0v) is 19.5. The molecule has 0 aliphatic rings. The molecule has 0 radical (unpaired) electrons. The van der Waals surface area contributed by atoms with Crippen LogP contribution in [0.3, 0.4) is 0 Å².